The van der Waals surface area contributed by atoms with E-state index in [9.17, 15) is 9.59 Å². The molecule has 0 aromatic carbocycles. The first-order valence-corrected chi connectivity index (χ1v) is 4.28. The first kappa shape index (κ1) is 12.1. The summed E-state index contributed by atoms with van der Waals surface area (Å²) in [5.41, 5.74) is 0. The Kier molecular flexibility index (Phi) is 5.30. The van der Waals surface area contributed by atoms with Gasteiger partial charge >= 0.3 is 5.97 Å². The number of esters is 1. The largest absolute Gasteiger partial charge is 0.453 e. The number of hydrogen-bond acceptors (Lipinski definition) is 4. The van der Waals surface area contributed by atoms with E-state index in [-0.39, 0.29) is 6.10 Å². The normalized spacial score (nSPS) is 15.2. The van der Waals surface area contributed by atoms with Crippen molar-refractivity contribution in [2.45, 2.75) is 46.0 Å². The fraction of sp³-hybridized carbons (Fsp3) is 0.778. The van der Waals surface area contributed by atoms with E-state index >= 15 is 0 Å². The second-order valence-corrected chi connectivity index (χ2v) is 3.11. The molecule has 0 heterocycles. The Morgan fingerprint density at radius 2 is 1.77 bits per heavy atom. The van der Waals surface area contributed by atoms with Crippen molar-refractivity contribution in [1.82, 2.24) is 0 Å². The van der Waals surface area contributed by atoms with Crippen LogP contribution in [-0.4, -0.2) is 30.6 Å². The maximum Gasteiger partial charge on any atom is 0.335 e. The van der Waals surface area contributed by atoms with Crippen molar-refractivity contribution in [3.8, 4) is 0 Å². The molecule has 0 aromatic heterocycles. The molecule has 0 saturated carbocycles. The summed E-state index contributed by atoms with van der Waals surface area (Å²) in [7, 11) is 0. The van der Waals surface area contributed by atoms with Gasteiger partial charge in [0.15, 0.2) is 18.5 Å². The molecule has 0 spiro atoms. The van der Waals surface area contributed by atoms with E-state index in [4.69, 9.17) is 9.47 Å². The summed E-state index contributed by atoms with van der Waals surface area (Å²) in [6, 6.07) is 0. The summed E-state index contributed by atoms with van der Waals surface area (Å²) < 4.78 is 9.90. The quantitative estimate of drug-likeness (QED) is 0.475. The minimum Gasteiger partial charge on any atom is -0.453 e. The van der Waals surface area contributed by atoms with Crippen molar-refractivity contribution in [2.75, 3.05) is 0 Å². The molecule has 0 rings (SSSR count). The van der Waals surface area contributed by atoms with E-state index in [1.54, 1.807) is 6.92 Å². The van der Waals surface area contributed by atoms with Crippen molar-refractivity contribution in [2.24, 2.45) is 0 Å². The summed E-state index contributed by atoms with van der Waals surface area (Å²) in [6.07, 6.45) is -0.790. The molecular weight excluding hydrogens is 172 g/mol. The smallest absolute Gasteiger partial charge is 0.335 e. The van der Waals surface area contributed by atoms with E-state index in [2.05, 4.69) is 0 Å². The van der Waals surface area contributed by atoms with Gasteiger partial charge in [-0.05, 0) is 27.7 Å². The molecule has 0 fully saturated rings. The van der Waals surface area contributed by atoms with Gasteiger partial charge in [-0.2, -0.15) is 0 Å². The Labute approximate surface area is 78.2 Å². The summed E-state index contributed by atoms with van der Waals surface area (Å²) in [5.74, 6) is -0.506. The van der Waals surface area contributed by atoms with Crippen LogP contribution in [0.4, 0.5) is 0 Å². The summed E-state index contributed by atoms with van der Waals surface area (Å²) in [6.45, 7) is 6.76. The SMILES string of the molecule is CC(C)OC(C)C(=O)OC(C)C=O. The molecule has 4 heteroatoms. The van der Waals surface area contributed by atoms with Crippen LogP contribution in [0.25, 0.3) is 0 Å². The van der Waals surface area contributed by atoms with E-state index in [0.29, 0.717) is 6.29 Å². The van der Waals surface area contributed by atoms with Crippen LogP contribution in [-0.2, 0) is 19.1 Å². The number of aldehydes is 1. The lowest BCUT2D eigenvalue weighted by Gasteiger charge is -2.15. The number of ether oxygens (including phenoxy) is 2. The predicted octanol–water partition coefficient (Wildman–Crippen LogP) is 0.931. The first-order chi connectivity index (χ1) is 5.97. The van der Waals surface area contributed by atoms with Crippen LogP contribution in [0, 0.1) is 0 Å². The number of rotatable bonds is 5. The molecule has 13 heavy (non-hydrogen) atoms. The van der Waals surface area contributed by atoms with Crippen LogP contribution in [0.5, 0.6) is 0 Å². The second kappa shape index (κ2) is 5.70. The van der Waals surface area contributed by atoms with Gasteiger partial charge in [-0.25, -0.2) is 4.79 Å². The van der Waals surface area contributed by atoms with E-state index in [1.807, 2.05) is 13.8 Å². The third kappa shape index (κ3) is 5.36. The van der Waals surface area contributed by atoms with Gasteiger partial charge in [0.1, 0.15) is 0 Å². The van der Waals surface area contributed by atoms with Gasteiger partial charge in [-0.15, -0.1) is 0 Å². The van der Waals surface area contributed by atoms with Gasteiger partial charge in [0, 0.05) is 0 Å². The average molecular weight is 188 g/mol. The number of carbonyl (C=O) groups is 2. The minimum atomic E-state index is -0.703. The highest BCUT2D eigenvalue weighted by atomic mass is 16.6. The first-order valence-electron chi connectivity index (χ1n) is 4.28. The Morgan fingerprint density at radius 1 is 1.23 bits per heavy atom. The molecule has 0 saturated heterocycles. The molecule has 2 atom stereocenters. The van der Waals surface area contributed by atoms with Gasteiger partial charge in [0.25, 0.3) is 0 Å². The third-order valence-electron chi connectivity index (χ3n) is 1.30. The van der Waals surface area contributed by atoms with Crippen molar-refractivity contribution in [3.05, 3.63) is 0 Å². The zero-order valence-corrected chi connectivity index (χ0v) is 8.44. The van der Waals surface area contributed by atoms with Gasteiger partial charge in [0.05, 0.1) is 6.10 Å². The molecule has 0 aliphatic rings. The van der Waals surface area contributed by atoms with Crippen LogP contribution < -0.4 is 0 Å². The maximum atomic E-state index is 11.1. The van der Waals surface area contributed by atoms with Crippen molar-refractivity contribution >= 4 is 12.3 Å². The highest BCUT2D eigenvalue weighted by Crippen LogP contribution is 2.01. The van der Waals surface area contributed by atoms with Crippen molar-refractivity contribution in [3.63, 3.8) is 0 Å². The Morgan fingerprint density at radius 3 is 2.15 bits per heavy atom. The van der Waals surface area contributed by atoms with Gasteiger partial charge in [0.2, 0.25) is 0 Å². The second-order valence-electron chi connectivity index (χ2n) is 3.11. The van der Waals surface area contributed by atoms with E-state index in [0.717, 1.165) is 0 Å². The molecule has 0 radical (unpaired) electrons. The zero-order chi connectivity index (χ0) is 10.4. The molecule has 0 N–H and O–H groups in total. The third-order valence-corrected chi connectivity index (χ3v) is 1.30. The van der Waals surface area contributed by atoms with Crippen LogP contribution in [0.2, 0.25) is 0 Å². The maximum absolute atomic E-state index is 11.1. The predicted molar refractivity (Wildman–Crippen MR) is 47.3 cm³/mol. The molecular formula is C9H16O4. The Bertz CT molecular complexity index is 176. The monoisotopic (exact) mass is 188 g/mol. The van der Waals surface area contributed by atoms with Crippen molar-refractivity contribution < 1.29 is 19.1 Å². The molecule has 0 aliphatic carbocycles. The van der Waals surface area contributed by atoms with E-state index in [1.165, 1.54) is 6.92 Å². The average Bonchev–Trinajstić information content (AvgIpc) is 2.02. The molecule has 0 bridgehead atoms. The van der Waals surface area contributed by atoms with Crippen LogP contribution in [0.3, 0.4) is 0 Å². The Hall–Kier alpha value is -0.900. The zero-order valence-electron chi connectivity index (χ0n) is 8.44. The van der Waals surface area contributed by atoms with Crippen LogP contribution >= 0.6 is 0 Å². The summed E-state index contributed by atoms with van der Waals surface area (Å²) in [4.78, 5) is 21.3. The summed E-state index contributed by atoms with van der Waals surface area (Å²) >= 11 is 0. The van der Waals surface area contributed by atoms with Crippen LogP contribution in [0.1, 0.15) is 27.7 Å². The topological polar surface area (TPSA) is 52.6 Å². The molecule has 2 unspecified atom stereocenters. The van der Waals surface area contributed by atoms with E-state index < -0.39 is 18.2 Å². The lowest BCUT2D eigenvalue weighted by atomic mass is 10.3. The minimum absolute atomic E-state index is 0.0333. The molecule has 4 nitrogen and oxygen atoms in total. The molecule has 0 amide bonds. The fourth-order valence-corrected chi connectivity index (χ4v) is 0.771. The highest BCUT2D eigenvalue weighted by molar-refractivity contribution is 5.76. The molecule has 76 valence electrons. The van der Waals surface area contributed by atoms with Crippen molar-refractivity contribution in [1.29, 1.82) is 0 Å². The van der Waals surface area contributed by atoms with Gasteiger partial charge in [-0.3, -0.25) is 4.79 Å². The highest BCUT2D eigenvalue weighted by Gasteiger charge is 2.18. The van der Waals surface area contributed by atoms with Crippen LogP contribution in [0.15, 0.2) is 0 Å². The molecule has 0 aliphatic heterocycles. The molecule has 0 aromatic rings. The Balaban J connectivity index is 3.89. The number of hydrogen-bond donors (Lipinski definition) is 0. The van der Waals surface area contributed by atoms with Gasteiger partial charge < -0.3 is 9.47 Å². The summed E-state index contributed by atoms with van der Waals surface area (Å²) in [5, 5.41) is 0. The van der Waals surface area contributed by atoms with Gasteiger partial charge in [-0.1, -0.05) is 0 Å². The lowest BCUT2D eigenvalue weighted by Crippen LogP contribution is -2.29. The number of carbonyl (C=O) groups excluding carboxylic acids is 2. The standard InChI is InChI=1S/C9H16O4/c1-6(2)12-8(4)9(11)13-7(3)5-10/h5-8H,1-4H3. The lowest BCUT2D eigenvalue weighted by molar-refractivity contribution is -0.164. The fourth-order valence-electron chi connectivity index (χ4n) is 0.771.